The summed E-state index contributed by atoms with van der Waals surface area (Å²) in [6, 6.07) is 32.0. The molecule has 0 unspecified atom stereocenters. The van der Waals surface area contributed by atoms with Crippen molar-refractivity contribution in [2.24, 2.45) is 0 Å². The van der Waals surface area contributed by atoms with Crippen molar-refractivity contribution in [3.05, 3.63) is 176 Å². The molecule has 8 rings (SSSR count). The Morgan fingerprint density at radius 3 is 1.21 bits per heavy atom. The molecule has 0 amide bonds. The van der Waals surface area contributed by atoms with Crippen molar-refractivity contribution >= 4 is 20.6 Å². The number of benzene rings is 4. The lowest BCUT2D eigenvalue weighted by molar-refractivity contribution is -0.193. The van der Waals surface area contributed by atoms with Crippen molar-refractivity contribution in [3.63, 3.8) is 0 Å². The van der Waals surface area contributed by atoms with E-state index in [4.69, 9.17) is 33.1 Å². The van der Waals surface area contributed by atoms with Crippen LogP contribution < -0.4 is 0 Å². The van der Waals surface area contributed by atoms with Crippen molar-refractivity contribution in [3.8, 4) is 45.9 Å². The third-order valence-electron chi connectivity index (χ3n) is 16.5. The fourth-order valence-electron chi connectivity index (χ4n) is 11.6. The minimum absolute atomic E-state index is 0.0492. The van der Waals surface area contributed by atoms with Crippen LogP contribution in [0.25, 0.3) is 22.3 Å². The van der Waals surface area contributed by atoms with Gasteiger partial charge in [0.05, 0.1) is 26.4 Å². The average molecular weight is 1120 g/mol. The molecule has 10 nitrogen and oxygen atoms in total. The summed E-state index contributed by atoms with van der Waals surface area (Å²) in [5, 5.41) is 10.7. The molecule has 82 heavy (non-hydrogen) atoms. The fourth-order valence-corrected chi connectivity index (χ4v) is 13.1. The van der Waals surface area contributed by atoms with E-state index in [0.29, 0.717) is 39.3 Å². The van der Waals surface area contributed by atoms with Crippen LogP contribution in [-0.2, 0) is 56.7 Å². The molecule has 4 aromatic carbocycles. The number of rotatable bonds is 14. The van der Waals surface area contributed by atoms with E-state index in [1.165, 1.54) is 72.3 Å². The molecule has 2 saturated heterocycles. The quantitative estimate of drug-likeness (QED) is 0.0827. The monoisotopic (exact) mass is 1120 g/mol. The third kappa shape index (κ3) is 16.7. The van der Waals surface area contributed by atoms with Crippen molar-refractivity contribution in [2.45, 2.75) is 175 Å². The summed E-state index contributed by atoms with van der Waals surface area (Å²) in [5.41, 5.74) is 18.4. The second-order valence-corrected chi connectivity index (χ2v) is 27.1. The molecule has 0 aliphatic carbocycles. The van der Waals surface area contributed by atoms with Crippen LogP contribution in [0, 0.1) is 51.4 Å². The molecule has 2 aliphatic rings. The summed E-state index contributed by atoms with van der Waals surface area (Å²) in [4.78, 5) is 41.4. The van der Waals surface area contributed by atoms with Gasteiger partial charge in [0.1, 0.15) is 11.2 Å². The fraction of sp³-hybridized carbons (Fsp3) is 0.437. The Morgan fingerprint density at radius 1 is 0.512 bits per heavy atom. The molecule has 1 N–H and O–H groups in total. The third-order valence-corrected chi connectivity index (χ3v) is 17.5. The van der Waals surface area contributed by atoms with Crippen LogP contribution in [-0.4, -0.2) is 73.3 Å². The molecular weight excluding hydrogens is 1040 g/mol. The number of nitrogens with zero attached hydrogens (tertiary/aromatic N) is 2. The van der Waals surface area contributed by atoms with E-state index in [-0.39, 0.29) is 23.1 Å². The Morgan fingerprint density at radius 2 is 0.866 bits per heavy atom. The number of hydrogen-bond acceptors (Lipinski definition) is 10. The largest absolute Gasteiger partial charge is 0.401 e. The lowest BCUT2D eigenvalue weighted by atomic mass is 9.69. The number of aromatic nitrogens is 2. The van der Waals surface area contributed by atoms with Gasteiger partial charge in [-0.3, -0.25) is 9.97 Å². The van der Waals surface area contributed by atoms with Gasteiger partial charge in [0.15, 0.2) is 8.32 Å². The van der Waals surface area contributed by atoms with Crippen molar-refractivity contribution in [1.29, 1.82) is 0 Å². The first kappa shape index (κ1) is 65.9. The average Bonchev–Trinajstić information content (AvgIpc) is 2.76. The second kappa shape index (κ2) is 30.4. The van der Waals surface area contributed by atoms with Crippen molar-refractivity contribution < 1.29 is 38.2 Å². The summed E-state index contributed by atoms with van der Waals surface area (Å²) in [6.07, 6.45) is 17.3. The number of pyridine rings is 2. The predicted molar refractivity (Wildman–Crippen MR) is 329 cm³/mol. The molecule has 2 aromatic heterocycles. The highest BCUT2D eigenvalue weighted by atomic mass is 28.4. The van der Waals surface area contributed by atoms with Gasteiger partial charge in [-0.2, -0.15) is 19.2 Å². The van der Waals surface area contributed by atoms with Crippen LogP contribution in [0.1, 0.15) is 160 Å². The normalized spacial score (nSPS) is 14.4. The van der Waals surface area contributed by atoms with E-state index in [1.54, 1.807) is 0 Å². The molecule has 11 heteroatoms. The van der Waals surface area contributed by atoms with Crippen LogP contribution in [0.5, 0.6) is 0 Å². The molecule has 6 aromatic rings. The van der Waals surface area contributed by atoms with Crippen LogP contribution >= 0.6 is 0 Å². The molecule has 0 atom stereocenters. The summed E-state index contributed by atoms with van der Waals surface area (Å²) in [7, 11) is -1.75. The number of aliphatic hydroxyl groups is 1. The van der Waals surface area contributed by atoms with Gasteiger partial charge in [0.25, 0.3) is 0 Å². The number of carbonyl (C=O) groups excluding carboxylic acids is 4. The molecule has 2 fully saturated rings. The maximum atomic E-state index is 10.7. The van der Waals surface area contributed by atoms with Gasteiger partial charge in [-0.25, -0.2) is 0 Å². The Bertz CT molecular complexity index is 3270. The number of aryl methyl sites for hydroxylation is 6. The van der Waals surface area contributed by atoms with Gasteiger partial charge in [-0.05, 0) is 177 Å². The highest BCUT2D eigenvalue weighted by Crippen LogP contribution is 2.43. The number of hydrogen-bond donors (Lipinski definition) is 1. The molecule has 4 heterocycles. The summed E-state index contributed by atoms with van der Waals surface area (Å²) in [6.45, 7) is 31.6. The zero-order valence-electron chi connectivity index (χ0n) is 51.0. The topological polar surface area (TPSA) is 142 Å². The van der Waals surface area contributed by atoms with E-state index in [9.17, 15) is 5.11 Å². The van der Waals surface area contributed by atoms with Gasteiger partial charge in [-0.1, -0.05) is 126 Å². The maximum Gasteiger partial charge on any atom is 0.373 e. The first-order chi connectivity index (χ1) is 39.2. The zero-order chi connectivity index (χ0) is 60.1. The van der Waals surface area contributed by atoms with E-state index < -0.39 is 19.5 Å². The van der Waals surface area contributed by atoms with Gasteiger partial charge in [0, 0.05) is 83.6 Å². The van der Waals surface area contributed by atoms with Gasteiger partial charge in [-0.15, -0.1) is 0 Å². The van der Waals surface area contributed by atoms with Crippen LogP contribution in [0.3, 0.4) is 0 Å². The second-order valence-electron chi connectivity index (χ2n) is 22.7. The lowest BCUT2D eigenvalue weighted by Crippen LogP contribution is -2.45. The highest BCUT2D eigenvalue weighted by molar-refractivity contribution is 6.69. The first-order valence-electron chi connectivity index (χ1n) is 29.2. The molecule has 0 saturated carbocycles. The van der Waals surface area contributed by atoms with E-state index in [0.717, 1.165) is 68.1 Å². The minimum Gasteiger partial charge on any atom is -0.401 e. The Balaban J connectivity index is 0.000000276. The molecule has 432 valence electrons. The first-order valence-corrected chi connectivity index (χ1v) is 32.6. The van der Waals surface area contributed by atoms with Gasteiger partial charge in [0.2, 0.25) is 0 Å². The van der Waals surface area contributed by atoms with Crippen LogP contribution in [0.2, 0.25) is 19.6 Å². The number of ether oxygens (including phenoxy) is 2. The summed E-state index contributed by atoms with van der Waals surface area (Å²) < 4.78 is 17.7. The van der Waals surface area contributed by atoms with E-state index in [2.05, 4.69) is 207 Å². The maximum absolute atomic E-state index is 10.7. The molecule has 0 bridgehead atoms. The minimum atomic E-state index is -1.75. The molecule has 0 radical (unpaired) electrons. The van der Waals surface area contributed by atoms with E-state index >= 15 is 0 Å². The Hall–Kier alpha value is -6.88. The van der Waals surface area contributed by atoms with E-state index in [1.807, 2.05) is 24.8 Å². The molecule has 0 spiro atoms. The van der Waals surface area contributed by atoms with Crippen molar-refractivity contribution in [1.82, 2.24) is 9.97 Å². The lowest BCUT2D eigenvalue weighted by Gasteiger charge is -2.38. The zero-order valence-corrected chi connectivity index (χ0v) is 52.0. The SMILES string of the molecule is CCc1cncc(-c2ccc(C(CC)(CC)c3ccc(C#CC4(O)CCOCC4)c(C)c3)cc2C)c1.CCc1cncc(-c2ccc(C(CC)(CC)c3ccc(C#CC4(O[Si](C)(C)C)CCOCC4)c(C)c3)cc2C)c1.O=C=O.O=C=O. The standard InChI is InChI=1S/C36H47NO2Si.C33H39NO2.2CO2/c1-9-29-24-31(26-37-25-29)34-15-14-33(23-28(34)5)36(10-2,11-3)32-13-12-30(27(4)22-32)16-17-35(39-40(6,7)8)18-20-38-21-19-35;1-6-26-21-28(23-34-22-26)31-12-11-30(20-25(31)5)33(7-2,8-3)29-10-9-27(24(4)19-29)13-14-32(35)15-17-36-18-16-32;2*2-1-3/h12-15,22-26H,9-11,18-21H2,1-8H3;9-12,19-23,35H,6-8,15-18H2,1-5H3;;. The summed E-state index contributed by atoms with van der Waals surface area (Å²) in [5.74, 6) is 13.5. The molecular formula is C71H86N2O8Si. The Labute approximate surface area is 490 Å². The highest BCUT2D eigenvalue weighted by Gasteiger charge is 2.37. The van der Waals surface area contributed by atoms with Crippen molar-refractivity contribution in [2.75, 3.05) is 26.4 Å². The van der Waals surface area contributed by atoms with Gasteiger partial charge >= 0.3 is 12.3 Å². The smallest absolute Gasteiger partial charge is 0.373 e. The molecule has 2 aliphatic heterocycles. The predicted octanol–water partition coefficient (Wildman–Crippen LogP) is 14.5. The summed E-state index contributed by atoms with van der Waals surface area (Å²) >= 11 is 0. The van der Waals surface area contributed by atoms with Gasteiger partial charge < -0.3 is 19.0 Å². The van der Waals surface area contributed by atoms with Crippen LogP contribution in [0.15, 0.2) is 110 Å². The Kier molecular flexibility index (Phi) is 24.5. The van der Waals surface area contributed by atoms with Crippen LogP contribution in [0.4, 0.5) is 0 Å².